The van der Waals surface area contributed by atoms with Crippen LogP contribution in [-0.4, -0.2) is 0 Å². The molecule has 0 fully saturated rings. The van der Waals surface area contributed by atoms with Crippen LogP contribution in [0.3, 0.4) is 0 Å². The van der Waals surface area contributed by atoms with Crippen molar-refractivity contribution in [3.63, 3.8) is 0 Å². The van der Waals surface area contributed by atoms with Crippen LogP contribution >= 0.6 is 0 Å². The molecule has 0 heteroatoms. The molecular weight excluding hydrogens is 384 g/mol. The van der Waals surface area contributed by atoms with E-state index in [1.165, 1.54) is 33.4 Å². The molecule has 0 atom stereocenters. The summed E-state index contributed by atoms with van der Waals surface area (Å²) in [5.41, 5.74) is 9.18. The molecule has 32 heavy (non-hydrogen) atoms. The Balaban J connectivity index is 1.37. The van der Waals surface area contributed by atoms with Crippen LogP contribution in [0.4, 0.5) is 0 Å². The highest BCUT2D eigenvalue weighted by Crippen LogP contribution is 2.21. The molecule has 0 nitrogen and oxygen atoms in total. The molecule has 4 rings (SSSR count). The number of rotatable bonds is 2. The lowest BCUT2D eigenvalue weighted by Gasteiger charge is -2.02. The lowest BCUT2D eigenvalue weighted by atomic mass is 10.0. The Labute approximate surface area is 191 Å². The highest BCUT2D eigenvalue weighted by atomic mass is 14.0. The van der Waals surface area contributed by atoms with E-state index in [1.807, 2.05) is 24.3 Å². The van der Waals surface area contributed by atoms with Crippen molar-refractivity contribution in [3.8, 4) is 57.8 Å². The predicted molar refractivity (Wildman–Crippen MR) is 135 cm³/mol. The monoisotopic (exact) mass is 406 g/mol. The molecule has 0 unspecified atom stereocenters. The van der Waals surface area contributed by atoms with Gasteiger partial charge in [0.1, 0.15) is 0 Å². The second-order valence-electron chi connectivity index (χ2n) is 7.64. The van der Waals surface area contributed by atoms with Gasteiger partial charge >= 0.3 is 0 Å². The lowest BCUT2D eigenvalue weighted by molar-refractivity contribution is 1.47. The lowest BCUT2D eigenvalue weighted by Crippen LogP contribution is -1.80. The number of benzene rings is 4. The van der Waals surface area contributed by atoms with Crippen molar-refractivity contribution in [2.75, 3.05) is 0 Å². The molecule has 4 aromatic carbocycles. The SMILES string of the molecule is Cc1ccc(-c2ccc(C#CC#CC#Cc3ccc(-c4ccc(C)cc4)cc3)cc2)cc1. The summed E-state index contributed by atoms with van der Waals surface area (Å²) in [4.78, 5) is 0. The van der Waals surface area contributed by atoms with Gasteiger partial charge in [0.05, 0.1) is 0 Å². The van der Waals surface area contributed by atoms with Gasteiger partial charge in [0.15, 0.2) is 0 Å². The van der Waals surface area contributed by atoms with Gasteiger partial charge in [0.2, 0.25) is 0 Å². The van der Waals surface area contributed by atoms with Gasteiger partial charge in [-0.2, -0.15) is 0 Å². The van der Waals surface area contributed by atoms with Crippen LogP contribution in [-0.2, 0) is 0 Å². The Bertz CT molecular complexity index is 1270. The maximum Gasteiger partial charge on any atom is 0.0255 e. The minimum absolute atomic E-state index is 0.940. The molecule has 4 aromatic rings. The van der Waals surface area contributed by atoms with Crippen molar-refractivity contribution >= 4 is 0 Å². The van der Waals surface area contributed by atoms with Crippen molar-refractivity contribution in [3.05, 3.63) is 119 Å². The average molecular weight is 407 g/mol. The zero-order valence-electron chi connectivity index (χ0n) is 18.2. The zero-order valence-corrected chi connectivity index (χ0v) is 18.2. The van der Waals surface area contributed by atoms with E-state index in [4.69, 9.17) is 0 Å². The van der Waals surface area contributed by atoms with E-state index < -0.39 is 0 Å². The molecule has 0 aliphatic carbocycles. The molecule has 0 spiro atoms. The van der Waals surface area contributed by atoms with Gasteiger partial charge in [0, 0.05) is 11.1 Å². The Kier molecular flexibility index (Phi) is 6.54. The summed E-state index contributed by atoms with van der Waals surface area (Å²) in [6, 6.07) is 33.5. The predicted octanol–water partition coefficient (Wildman–Crippen LogP) is 7.04. The third-order valence-corrected chi connectivity index (χ3v) is 5.14. The molecule has 0 saturated heterocycles. The van der Waals surface area contributed by atoms with Crippen LogP contribution in [0.15, 0.2) is 97.1 Å². The van der Waals surface area contributed by atoms with E-state index in [-0.39, 0.29) is 0 Å². The first-order valence-corrected chi connectivity index (χ1v) is 10.5. The summed E-state index contributed by atoms with van der Waals surface area (Å²) < 4.78 is 0. The van der Waals surface area contributed by atoms with Crippen molar-refractivity contribution in [2.45, 2.75) is 13.8 Å². The molecular formula is C32H22. The summed E-state index contributed by atoms with van der Waals surface area (Å²) in [7, 11) is 0. The van der Waals surface area contributed by atoms with Crippen LogP contribution in [0.1, 0.15) is 22.3 Å². The topological polar surface area (TPSA) is 0 Å². The van der Waals surface area contributed by atoms with Gasteiger partial charge in [-0.25, -0.2) is 0 Å². The van der Waals surface area contributed by atoms with Gasteiger partial charge in [-0.15, -0.1) is 0 Å². The number of aryl methyl sites for hydroxylation is 2. The first kappa shape index (κ1) is 20.8. The fraction of sp³-hybridized carbons (Fsp3) is 0.0625. The smallest absolute Gasteiger partial charge is 0.0255 e. The maximum absolute atomic E-state index is 3.07. The molecule has 0 heterocycles. The summed E-state index contributed by atoms with van der Waals surface area (Å²) in [5.74, 6) is 17.5. The van der Waals surface area contributed by atoms with E-state index in [1.54, 1.807) is 0 Å². The molecule has 0 aliphatic rings. The Hall–Kier alpha value is -4.44. The first-order valence-electron chi connectivity index (χ1n) is 10.5. The third kappa shape index (κ3) is 5.58. The van der Waals surface area contributed by atoms with Crippen LogP contribution in [0.2, 0.25) is 0 Å². The van der Waals surface area contributed by atoms with Gasteiger partial charge in [0.25, 0.3) is 0 Å². The zero-order chi connectivity index (χ0) is 22.2. The largest absolute Gasteiger partial charge is 0.0587 e. The molecule has 0 saturated carbocycles. The maximum atomic E-state index is 3.07. The average Bonchev–Trinajstić information content (AvgIpc) is 2.83. The minimum Gasteiger partial charge on any atom is -0.0587 e. The fourth-order valence-electron chi connectivity index (χ4n) is 3.25. The summed E-state index contributed by atoms with van der Waals surface area (Å²) in [5, 5.41) is 0. The minimum atomic E-state index is 0.940. The number of hydrogen-bond donors (Lipinski definition) is 0. The van der Waals surface area contributed by atoms with E-state index in [2.05, 4.69) is 122 Å². The van der Waals surface area contributed by atoms with E-state index >= 15 is 0 Å². The van der Waals surface area contributed by atoms with Crippen molar-refractivity contribution in [1.82, 2.24) is 0 Å². The summed E-state index contributed by atoms with van der Waals surface area (Å²) in [6.07, 6.45) is 0. The molecule has 0 N–H and O–H groups in total. The van der Waals surface area contributed by atoms with E-state index in [0.717, 1.165) is 11.1 Å². The van der Waals surface area contributed by atoms with E-state index in [0.29, 0.717) is 0 Å². The van der Waals surface area contributed by atoms with Crippen molar-refractivity contribution in [1.29, 1.82) is 0 Å². The highest BCUT2D eigenvalue weighted by molar-refractivity contribution is 5.65. The van der Waals surface area contributed by atoms with Crippen molar-refractivity contribution < 1.29 is 0 Å². The summed E-state index contributed by atoms with van der Waals surface area (Å²) >= 11 is 0. The third-order valence-electron chi connectivity index (χ3n) is 5.14. The molecule has 0 amide bonds. The van der Waals surface area contributed by atoms with E-state index in [9.17, 15) is 0 Å². The number of hydrogen-bond acceptors (Lipinski definition) is 0. The molecule has 0 radical (unpaired) electrons. The van der Waals surface area contributed by atoms with Crippen LogP contribution in [0.25, 0.3) is 22.3 Å². The normalized spacial score (nSPS) is 9.44. The van der Waals surface area contributed by atoms with Crippen LogP contribution in [0.5, 0.6) is 0 Å². The van der Waals surface area contributed by atoms with Crippen LogP contribution < -0.4 is 0 Å². The molecule has 0 aliphatic heterocycles. The first-order chi connectivity index (χ1) is 15.7. The Morgan fingerprint density at radius 1 is 0.344 bits per heavy atom. The summed E-state index contributed by atoms with van der Waals surface area (Å²) in [6.45, 7) is 4.19. The van der Waals surface area contributed by atoms with Gasteiger partial charge in [-0.05, 0) is 84.0 Å². The second-order valence-corrected chi connectivity index (χ2v) is 7.64. The van der Waals surface area contributed by atoms with Crippen molar-refractivity contribution in [2.24, 2.45) is 0 Å². The quantitative estimate of drug-likeness (QED) is 0.313. The van der Waals surface area contributed by atoms with Crippen LogP contribution in [0, 0.1) is 49.4 Å². The molecule has 0 bridgehead atoms. The molecule has 0 aromatic heterocycles. The highest BCUT2D eigenvalue weighted by Gasteiger charge is 1.97. The van der Waals surface area contributed by atoms with Gasteiger partial charge in [-0.1, -0.05) is 95.8 Å². The standard InChI is InChI=1S/C32H22/c1-25-9-17-29(18-10-25)31-21-13-27(14-22-31)7-5-3-4-6-8-28-15-23-32(24-16-28)30-19-11-26(2)12-20-30/h9-24H,1-2H3. The molecule has 150 valence electrons. The Morgan fingerprint density at radius 2 is 0.625 bits per heavy atom. The van der Waals surface area contributed by atoms with Gasteiger partial charge in [-0.3, -0.25) is 0 Å². The Morgan fingerprint density at radius 3 is 0.938 bits per heavy atom. The second kappa shape index (κ2) is 10.0. The fourth-order valence-corrected chi connectivity index (χ4v) is 3.25. The van der Waals surface area contributed by atoms with Gasteiger partial charge < -0.3 is 0 Å².